The van der Waals surface area contributed by atoms with Gasteiger partial charge in [0.2, 0.25) is 0 Å². The summed E-state index contributed by atoms with van der Waals surface area (Å²) < 4.78 is 0. The van der Waals surface area contributed by atoms with Crippen molar-refractivity contribution in [3.63, 3.8) is 0 Å². The quantitative estimate of drug-likeness (QED) is 0.543. The van der Waals surface area contributed by atoms with Gasteiger partial charge >= 0.3 is 0 Å². The van der Waals surface area contributed by atoms with Crippen LogP contribution < -0.4 is 11.5 Å². The number of nitrogens with one attached hydrogen (secondary N) is 1. The van der Waals surface area contributed by atoms with E-state index >= 15 is 0 Å². The molecule has 0 saturated carbocycles. The molecule has 5 heteroatoms. The van der Waals surface area contributed by atoms with E-state index in [1.807, 2.05) is 4.90 Å². The smallest absolute Gasteiger partial charge is 0.194 e. The standard InChI is InChI=1S/C14H23N5/c1-11-2-3-12-9-19(10-13(12)8-11)14(17)18(6-4-15)7-5-16/h2-3,8,17H,4-7,9-10,15-16H2,1H3. The molecule has 0 saturated heterocycles. The molecule has 1 aliphatic heterocycles. The number of benzene rings is 1. The average Bonchev–Trinajstić information content (AvgIpc) is 2.80. The number of nitrogens with zero attached hydrogens (tertiary/aromatic N) is 2. The Morgan fingerprint density at radius 3 is 2.47 bits per heavy atom. The van der Waals surface area contributed by atoms with Gasteiger partial charge in [-0.2, -0.15) is 0 Å². The highest BCUT2D eigenvalue weighted by Gasteiger charge is 2.23. The lowest BCUT2D eigenvalue weighted by Crippen LogP contribution is -2.45. The van der Waals surface area contributed by atoms with E-state index in [2.05, 4.69) is 30.0 Å². The Balaban J connectivity index is 2.06. The van der Waals surface area contributed by atoms with E-state index in [1.165, 1.54) is 16.7 Å². The number of guanidine groups is 1. The Kier molecular flexibility index (Phi) is 4.39. The summed E-state index contributed by atoms with van der Waals surface area (Å²) in [6.07, 6.45) is 0. The van der Waals surface area contributed by atoms with Gasteiger partial charge in [-0.05, 0) is 18.1 Å². The SMILES string of the molecule is Cc1ccc2c(c1)CN(C(=N)N(CCN)CCN)C2. The normalized spacial score (nSPS) is 13.5. The molecule has 1 aromatic carbocycles. The molecule has 2 rings (SSSR count). The molecule has 0 aromatic heterocycles. The van der Waals surface area contributed by atoms with Crippen molar-refractivity contribution < 1.29 is 0 Å². The highest BCUT2D eigenvalue weighted by molar-refractivity contribution is 5.77. The monoisotopic (exact) mass is 261 g/mol. The lowest BCUT2D eigenvalue weighted by atomic mass is 10.1. The Hall–Kier alpha value is -1.59. The highest BCUT2D eigenvalue weighted by atomic mass is 15.4. The minimum Gasteiger partial charge on any atom is -0.340 e. The van der Waals surface area contributed by atoms with Crippen molar-refractivity contribution in [1.29, 1.82) is 5.41 Å². The van der Waals surface area contributed by atoms with Crippen molar-refractivity contribution in [2.24, 2.45) is 11.5 Å². The third kappa shape index (κ3) is 3.05. The van der Waals surface area contributed by atoms with Gasteiger partial charge in [0, 0.05) is 39.3 Å². The molecule has 0 fully saturated rings. The van der Waals surface area contributed by atoms with Crippen molar-refractivity contribution in [1.82, 2.24) is 9.80 Å². The summed E-state index contributed by atoms with van der Waals surface area (Å²) in [4.78, 5) is 4.04. The molecule has 0 unspecified atom stereocenters. The zero-order valence-electron chi connectivity index (χ0n) is 11.5. The molecule has 0 radical (unpaired) electrons. The zero-order chi connectivity index (χ0) is 13.8. The maximum absolute atomic E-state index is 8.32. The number of aryl methyl sites for hydroxylation is 1. The highest BCUT2D eigenvalue weighted by Crippen LogP contribution is 2.24. The fraction of sp³-hybridized carbons (Fsp3) is 0.500. The van der Waals surface area contributed by atoms with Crippen molar-refractivity contribution in [2.45, 2.75) is 20.0 Å². The molecular formula is C14H23N5. The number of hydrogen-bond acceptors (Lipinski definition) is 3. The van der Waals surface area contributed by atoms with Gasteiger partial charge in [0.15, 0.2) is 5.96 Å². The first-order valence-corrected chi connectivity index (χ1v) is 6.72. The Bertz CT molecular complexity index is 451. The summed E-state index contributed by atoms with van der Waals surface area (Å²) in [5.74, 6) is 0.532. The summed E-state index contributed by atoms with van der Waals surface area (Å²) in [5.41, 5.74) is 15.1. The van der Waals surface area contributed by atoms with Crippen LogP contribution in [0.5, 0.6) is 0 Å². The van der Waals surface area contributed by atoms with Gasteiger partial charge in [-0.15, -0.1) is 0 Å². The third-order valence-electron chi connectivity index (χ3n) is 3.48. The van der Waals surface area contributed by atoms with Gasteiger partial charge in [0.1, 0.15) is 0 Å². The van der Waals surface area contributed by atoms with E-state index in [-0.39, 0.29) is 0 Å². The van der Waals surface area contributed by atoms with Crippen LogP contribution in [0.25, 0.3) is 0 Å². The van der Waals surface area contributed by atoms with Crippen molar-refractivity contribution in [2.75, 3.05) is 26.2 Å². The molecule has 0 bridgehead atoms. The Morgan fingerprint density at radius 1 is 1.21 bits per heavy atom. The largest absolute Gasteiger partial charge is 0.340 e. The summed E-state index contributed by atoms with van der Waals surface area (Å²) in [5, 5.41) is 8.32. The van der Waals surface area contributed by atoms with E-state index < -0.39 is 0 Å². The minimum absolute atomic E-state index is 0.532. The first-order chi connectivity index (χ1) is 9.15. The fourth-order valence-corrected chi connectivity index (χ4v) is 2.51. The Morgan fingerprint density at radius 2 is 1.84 bits per heavy atom. The van der Waals surface area contributed by atoms with Gasteiger partial charge in [-0.3, -0.25) is 5.41 Å². The summed E-state index contributed by atoms with van der Waals surface area (Å²) in [7, 11) is 0. The topological polar surface area (TPSA) is 82.4 Å². The van der Waals surface area contributed by atoms with E-state index in [0.29, 0.717) is 32.1 Å². The van der Waals surface area contributed by atoms with E-state index in [0.717, 1.165) is 13.1 Å². The van der Waals surface area contributed by atoms with Crippen molar-refractivity contribution in [3.05, 3.63) is 34.9 Å². The number of rotatable bonds is 4. The van der Waals surface area contributed by atoms with Crippen LogP contribution in [0, 0.1) is 12.3 Å². The molecule has 0 atom stereocenters. The molecule has 1 aliphatic rings. The van der Waals surface area contributed by atoms with Gasteiger partial charge < -0.3 is 21.3 Å². The molecule has 0 amide bonds. The van der Waals surface area contributed by atoms with E-state index in [1.54, 1.807) is 0 Å². The molecule has 1 aromatic rings. The van der Waals surface area contributed by atoms with Crippen LogP contribution >= 0.6 is 0 Å². The first-order valence-electron chi connectivity index (χ1n) is 6.72. The van der Waals surface area contributed by atoms with E-state index in [4.69, 9.17) is 16.9 Å². The Labute approximate surface area is 114 Å². The average molecular weight is 261 g/mol. The number of nitrogens with two attached hydrogens (primary N) is 2. The predicted octanol–water partition coefficient (Wildman–Crippen LogP) is 0.465. The lowest BCUT2D eigenvalue weighted by Gasteiger charge is -2.30. The van der Waals surface area contributed by atoms with Crippen molar-refractivity contribution in [3.8, 4) is 0 Å². The molecule has 104 valence electrons. The predicted molar refractivity (Wildman–Crippen MR) is 77.8 cm³/mol. The van der Waals surface area contributed by atoms with Gasteiger partial charge in [-0.25, -0.2) is 0 Å². The molecule has 5 nitrogen and oxygen atoms in total. The van der Waals surface area contributed by atoms with Crippen LogP contribution in [-0.2, 0) is 13.1 Å². The van der Waals surface area contributed by atoms with Crippen molar-refractivity contribution >= 4 is 5.96 Å². The number of hydrogen-bond donors (Lipinski definition) is 3. The van der Waals surface area contributed by atoms with Gasteiger partial charge in [0.05, 0.1) is 0 Å². The summed E-state index contributed by atoms with van der Waals surface area (Å²) >= 11 is 0. The molecule has 5 N–H and O–H groups in total. The minimum atomic E-state index is 0.532. The maximum Gasteiger partial charge on any atom is 0.194 e. The molecule has 19 heavy (non-hydrogen) atoms. The van der Waals surface area contributed by atoms with Crippen LogP contribution in [-0.4, -0.2) is 41.9 Å². The molecule has 0 spiro atoms. The third-order valence-corrected chi connectivity index (χ3v) is 3.48. The van der Waals surface area contributed by atoms with Crippen LogP contribution in [0.4, 0.5) is 0 Å². The zero-order valence-corrected chi connectivity index (χ0v) is 11.5. The molecule has 1 heterocycles. The second-order valence-corrected chi connectivity index (χ2v) is 5.02. The summed E-state index contributed by atoms with van der Waals surface area (Å²) in [6, 6.07) is 6.50. The van der Waals surface area contributed by atoms with Gasteiger partial charge in [-0.1, -0.05) is 23.8 Å². The van der Waals surface area contributed by atoms with Gasteiger partial charge in [0.25, 0.3) is 0 Å². The van der Waals surface area contributed by atoms with E-state index in [9.17, 15) is 0 Å². The van der Waals surface area contributed by atoms with Crippen LogP contribution in [0.2, 0.25) is 0 Å². The van der Waals surface area contributed by atoms with Crippen LogP contribution in [0.15, 0.2) is 18.2 Å². The summed E-state index contributed by atoms with van der Waals surface area (Å²) in [6.45, 7) is 6.17. The van der Waals surface area contributed by atoms with Crippen LogP contribution in [0.1, 0.15) is 16.7 Å². The molecule has 0 aliphatic carbocycles. The maximum atomic E-state index is 8.32. The number of fused-ring (bicyclic) bond motifs is 1. The lowest BCUT2D eigenvalue weighted by molar-refractivity contribution is 0.326. The second kappa shape index (κ2) is 6.04. The molecular weight excluding hydrogens is 238 g/mol. The second-order valence-electron chi connectivity index (χ2n) is 5.02. The fourth-order valence-electron chi connectivity index (χ4n) is 2.51. The first kappa shape index (κ1) is 13.8. The van der Waals surface area contributed by atoms with Crippen LogP contribution in [0.3, 0.4) is 0 Å².